The third kappa shape index (κ3) is 2.65. The number of nitrogens with one attached hydrogen (secondary N) is 1. The first kappa shape index (κ1) is 12.3. The highest BCUT2D eigenvalue weighted by molar-refractivity contribution is 5.51. The molecule has 0 saturated heterocycles. The molecule has 0 radical (unpaired) electrons. The molecule has 0 amide bonds. The molecule has 0 unspecified atom stereocenters. The molecule has 0 spiro atoms. The first-order valence-electron chi connectivity index (χ1n) is 7.09. The molecule has 0 bridgehead atoms. The van der Waals surface area contributed by atoms with Crippen molar-refractivity contribution in [1.82, 2.24) is 9.78 Å². The van der Waals surface area contributed by atoms with Gasteiger partial charge in [0.2, 0.25) is 0 Å². The average molecular weight is 255 g/mol. The van der Waals surface area contributed by atoms with Crippen LogP contribution in [0, 0.1) is 11.8 Å². The maximum atomic E-state index is 4.27. The molecule has 19 heavy (non-hydrogen) atoms. The van der Waals surface area contributed by atoms with Crippen LogP contribution in [0.2, 0.25) is 0 Å². The van der Waals surface area contributed by atoms with E-state index in [1.165, 1.54) is 18.5 Å². The minimum atomic E-state index is 0.639. The van der Waals surface area contributed by atoms with Gasteiger partial charge in [0.05, 0.1) is 5.69 Å². The number of rotatable bonds is 4. The first-order valence-corrected chi connectivity index (χ1v) is 7.09. The summed E-state index contributed by atoms with van der Waals surface area (Å²) in [5, 5.41) is 7.89. The smallest absolute Gasteiger partial charge is 0.0666 e. The normalized spacial score (nSPS) is 22.3. The Morgan fingerprint density at radius 2 is 2.11 bits per heavy atom. The molecule has 3 nitrogen and oxygen atoms in total. The number of aromatic nitrogens is 2. The Bertz CT molecular complexity index is 525. The van der Waals surface area contributed by atoms with Crippen molar-refractivity contribution < 1.29 is 0 Å². The standard InChI is InChI=1S/C16H21N3/c1-12(2)13-9-15(10-13)18-14-5-3-6-16(11-14)19-8-4-7-17-19/h3-8,11-13,15,18H,9-10H2,1-2H3. The SMILES string of the molecule is CC(C)C1CC(Nc2cccc(-n3cccn3)c2)C1. The summed E-state index contributed by atoms with van der Waals surface area (Å²) in [6.45, 7) is 4.64. The average Bonchev–Trinajstić information content (AvgIpc) is 2.87. The van der Waals surface area contributed by atoms with Crippen molar-refractivity contribution in [1.29, 1.82) is 0 Å². The number of nitrogens with zero attached hydrogens (tertiary/aromatic N) is 2. The molecule has 1 fully saturated rings. The Morgan fingerprint density at radius 3 is 2.79 bits per heavy atom. The van der Waals surface area contributed by atoms with Gasteiger partial charge in [-0.25, -0.2) is 4.68 Å². The van der Waals surface area contributed by atoms with E-state index in [9.17, 15) is 0 Å². The van der Waals surface area contributed by atoms with E-state index in [0.717, 1.165) is 17.5 Å². The van der Waals surface area contributed by atoms with E-state index in [1.807, 2.05) is 16.9 Å². The Balaban J connectivity index is 1.65. The minimum absolute atomic E-state index is 0.639. The lowest BCUT2D eigenvalue weighted by atomic mass is 9.73. The Labute approximate surface area is 114 Å². The van der Waals surface area contributed by atoms with Gasteiger partial charge in [0.1, 0.15) is 0 Å². The van der Waals surface area contributed by atoms with E-state index in [1.54, 1.807) is 6.20 Å². The molecule has 1 aliphatic rings. The highest BCUT2D eigenvalue weighted by atomic mass is 15.3. The fourth-order valence-corrected chi connectivity index (χ4v) is 2.72. The van der Waals surface area contributed by atoms with Gasteiger partial charge >= 0.3 is 0 Å². The summed E-state index contributed by atoms with van der Waals surface area (Å²) in [6.07, 6.45) is 6.36. The predicted molar refractivity (Wildman–Crippen MR) is 78.5 cm³/mol. The van der Waals surface area contributed by atoms with Crippen molar-refractivity contribution in [3.63, 3.8) is 0 Å². The van der Waals surface area contributed by atoms with E-state index in [-0.39, 0.29) is 0 Å². The zero-order valence-corrected chi connectivity index (χ0v) is 11.6. The zero-order chi connectivity index (χ0) is 13.2. The fraction of sp³-hybridized carbons (Fsp3) is 0.438. The van der Waals surface area contributed by atoms with Crippen LogP contribution in [0.25, 0.3) is 5.69 Å². The molecule has 1 saturated carbocycles. The van der Waals surface area contributed by atoms with Crippen molar-refractivity contribution in [2.75, 3.05) is 5.32 Å². The predicted octanol–water partition coefficient (Wildman–Crippen LogP) is 3.72. The van der Waals surface area contributed by atoms with Crippen LogP contribution >= 0.6 is 0 Å². The van der Waals surface area contributed by atoms with E-state index < -0.39 is 0 Å². The zero-order valence-electron chi connectivity index (χ0n) is 11.6. The van der Waals surface area contributed by atoms with Gasteiger partial charge in [0.25, 0.3) is 0 Å². The number of hydrogen-bond acceptors (Lipinski definition) is 2. The largest absolute Gasteiger partial charge is 0.382 e. The highest BCUT2D eigenvalue weighted by Gasteiger charge is 2.30. The second kappa shape index (κ2) is 5.08. The first-order chi connectivity index (χ1) is 9.22. The molecular formula is C16H21N3. The second-order valence-corrected chi connectivity index (χ2v) is 5.82. The van der Waals surface area contributed by atoms with Crippen LogP contribution in [0.15, 0.2) is 42.7 Å². The monoisotopic (exact) mass is 255 g/mol. The summed E-state index contributed by atoms with van der Waals surface area (Å²) in [7, 11) is 0. The maximum Gasteiger partial charge on any atom is 0.0666 e. The second-order valence-electron chi connectivity index (χ2n) is 5.82. The molecule has 1 aliphatic carbocycles. The van der Waals surface area contributed by atoms with Gasteiger partial charge in [-0.3, -0.25) is 0 Å². The third-order valence-corrected chi connectivity index (χ3v) is 4.10. The van der Waals surface area contributed by atoms with Crippen LogP contribution in [-0.4, -0.2) is 15.8 Å². The van der Waals surface area contributed by atoms with Crippen LogP contribution in [0.4, 0.5) is 5.69 Å². The molecule has 2 aromatic rings. The molecule has 0 atom stereocenters. The lowest BCUT2D eigenvalue weighted by Gasteiger charge is -2.39. The molecule has 1 heterocycles. The molecular weight excluding hydrogens is 234 g/mol. The van der Waals surface area contributed by atoms with Crippen LogP contribution in [0.5, 0.6) is 0 Å². The summed E-state index contributed by atoms with van der Waals surface area (Å²) in [4.78, 5) is 0. The molecule has 1 N–H and O–H groups in total. The van der Waals surface area contributed by atoms with Crippen molar-refractivity contribution >= 4 is 5.69 Å². The van der Waals surface area contributed by atoms with Crippen LogP contribution in [0.3, 0.4) is 0 Å². The lowest BCUT2D eigenvalue weighted by molar-refractivity contribution is 0.212. The molecule has 0 aliphatic heterocycles. The summed E-state index contributed by atoms with van der Waals surface area (Å²) in [5.74, 6) is 1.71. The molecule has 100 valence electrons. The number of benzene rings is 1. The Kier molecular flexibility index (Phi) is 3.28. The van der Waals surface area contributed by atoms with Gasteiger partial charge in [-0.05, 0) is 48.9 Å². The highest BCUT2D eigenvalue weighted by Crippen LogP contribution is 2.35. The molecule has 1 aromatic carbocycles. The van der Waals surface area contributed by atoms with Crippen molar-refractivity contribution in [2.45, 2.75) is 32.7 Å². The lowest BCUT2D eigenvalue weighted by Crippen LogP contribution is -2.37. The van der Waals surface area contributed by atoms with Crippen LogP contribution in [-0.2, 0) is 0 Å². The van der Waals surface area contributed by atoms with Crippen LogP contribution < -0.4 is 5.32 Å². The summed E-state index contributed by atoms with van der Waals surface area (Å²) >= 11 is 0. The minimum Gasteiger partial charge on any atom is -0.382 e. The quantitative estimate of drug-likeness (QED) is 0.902. The Morgan fingerprint density at radius 1 is 1.26 bits per heavy atom. The van der Waals surface area contributed by atoms with Crippen molar-refractivity contribution in [3.05, 3.63) is 42.7 Å². The third-order valence-electron chi connectivity index (χ3n) is 4.10. The van der Waals surface area contributed by atoms with Gasteiger partial charge in [0, 0.05) is 24.1 Å². The van der Waals surface area contributed by atoms with Gasteiger partial charge in [-0.1, -0.05) is 19.9 Å². The van der Waals surface area contributed by atoms with E-state index in [0.29, 0.717) is 6.04 Å². The fourth-order valence-electron chi connectivity index (χ4n) is 2.72. The van der Waals surface area contributed by atoms with Gasteiger partial charge < -0.3 is 5.32 Å². The molecule has 1 aromatic heterocycles. The van der Waals surface area contributed by atoms with E-state index >= 15 is 0 Å². The number of anilines is 1. The summed E-state index contributed by atoms with van der Waals surface area (Å²) in [5.41, 5.74) is 2.30. The van der Waals surface area contributed by atoms with Crippen LogP contribution in [0.1, 0.15) is 26.7 Å². The van der Waals surface area contributed by atoms with Gasteiger partial charge in [-0.15, -0.1) is 0 Å². The van der Waals surface area contributed by atoms with E-state index in [2.05, 4.69) is 48.5 Å². The van der Waals surface area contributed by atoms with Gasteiger partial charge in [0.15, 0.2) is 0 Å². The van der Waals surface area contributed by atoms with Crippen molar-refractivity contribution in [2.24, 2.45) is 11.8 Å². The maximum absolute atomic E-state index is 4.27. The molecule has 3 heteroatoms. The Hall–Kier alpha value is -1.77. The summed E-state index contributed by atoms with van der Waals surface area (Å²) in [6, 6.07) is 11.0. The van der Waals surface area contributed by atoms with Crippen molar-refractivity contribution in [3.8, 4) is 5.69 Å². The summed E-state index contributed by atoms with van der Waals surface area (Å²) < 4.78 is 1.89. The topological polar surface area (TPSA) is 29.9 Å². The number of hydrogen-bond donors (Lipinski definition) is 1. The van der Waals surface area contributed by atoms with E-state index in [4.69, 9.17) is 0 Å². The van der Waals surface area contributed by atoms with Gasteiger partial charge in [-0.2, -0.15) is 5.10 Å². The molecule has 3 rings (SSSR count).